The molecule has 0 bridgehead atoms. The fourth-order valence-electron chi connectivity index (χ4n) is 3.69. The molecule has 3 heterocycles. The largest absolute Gasteiger partial charge is 0.387 e. The number of piperidine rings is 1. The summed E-state index contributed by atoms with van der Waals surface area (Å²) in [5.74, 6) is 1.06. The fraction of sp³-hybridized carbons (Fsp3) is 0.778. The third-order valence-electron chi connectivity index (χ3n) is 4.90. The lowest BCUT2D eigenvalue weighted by atomic mass is 10.0. The lowest BCUT2D eigenvalue weighted by Crippen LogP contribution is -2.46. The first-order valence-corrected chi connectivity index (χ1v) is 10.3. The zero-order chi connectivity index (χ0) is 16.8. The van der Waals surface area contributed by atoms with Crippen molar-refractivity contribution in [2.75, 3.05) is 38.5 Å². The highest BCUT2D eigenvalue weighted by Gasteiger charge is 2.37. The second kappa shape index (κ2) is 8.61. The number of likely N-dealkylation sites (tertiary alicyclic amines) is 2. The van der Waals surface area contributed by atoms with Crippen LogP contribution in [0.1, 0.15) is 44.6 Å². The van der Waals surface area contributed by atoms with Gasteiger partial charge in [0.1, 0.15) is 0 Å². The Morgan fingerprint density at radius 1 is 1.12 bits per heavy atom. The molecule has 0 radical (unpaired) electrons. The van der Waals surface area contributed by atoms with Crippen molar-refractivity contribution in [3.8, 4) is 0 Å². The fourth-order valence-corrected chi connectivity index (χ4v) is 4.33. The third kappa shape index (κ3) is 5.15. The van der Waals surface area contributed by atoms with E-state index >= 15 is 0 Å². The number of β-amino-alcohol motifs (C(OH)–C–C–N with tert-alkyl or cyclic N) is 1. The first-order valence-electron chi connectivity index (χ1n) is 9.28. The molecule has 24 heavy (non-hydrogen) atoms. The molecule has 1 N–H and O–H groups in total. The van der Waals surface area contributed by atoms with Crippen molar-refractivity contribution in [2.24, 2.45) is 0 Å². The maximum atomic E-state index is 10.9. The Bertz CT molecular complexity index is 506. The Hall–Kier alpha value is -0.690. The van der Waals surface area contributed by atoms with Gasteiger partial charge in [0.15, 0.2) is 5.16 Å². The number of hydrogen-bond donors (Lipinski definition) is 1. The maximum Gasteiger partial charge on any atom is 0.187 e. The molecule has 2 aliphatic heterocycles. The number of rotatable bonds is 7. The maximum absolute atomic E-state index is 10.9. The number of hydrogen-bond acceptors (Lipinski definition) is 6. The van der Waals surface area contributed by atoms with E-state index in [1.165, 1.54) is 19.3 Å². The van der Waals surface area contributed by atoms with Gasteiger partial charge in [0.25, 0.3) is 0 Å². The molecule has 0 aromatic carbocycles. The summed E-state index contributed by atoms with van der Waals surface area (Å²) < 4.78 is 0. The molecule has 1 aromatic rings. The summed E-state index contributed by atoms with van der Waals surface area (Å²) in [6.07, 6.45) is 9.78. The number of thioether (sulfide) groups is 1. The molecular weight excluding hydrogens is 320 g/mol. The quantitative estimate of drug-likeness (QED) is 0.602. The molecular formula is C18H30N4OS. The summed E-state index contributed by atoms with van der Waals surface area (Å²) in [6.45, 7) is 7.83. The minimum Gasteiger partial charge on any atom is -0.387 e. The third-order valence-corrected chi connectivity index (χ3v) is 5.98. The molecule has 0 spiro atoms. The molecule has 2 aliphatic rings. The SMILES string of the molecule is CCCSc1ncc(CN2CCC(O)(CN3CCCCC3)C2)cn1. The standard InChI is InChI=1S/C18H30N4OS/c1-2-10-24-17-19-11-16(12-20-17)13-22-9-6-18(23,15-22)14-21-7-4-3-5-8-21/h11-12,23H,2-10,13-15H2,1H3. The van der Waals surface area contributed by atoms with Crippen LogP contribution in [0.25, 0.3) is 0 Å². The van der Waals surface area contributed by atoms with Gasteiger partial charge in [-0.1, -0.05) is 25.1 Å². The van der Waals surface area contributed by atoms with Gasteiger partial charge in [-0.05, 0) is 38.8 Å². The highest BCUT2D eigenvalue weighted by Crippen LogP contribution is 2.25. The highest BCUT2D eigenvalue weighted by molar-refractivity contribution is 7.99. The molecule has 0 saturated carbocycles. The smallest absolute Gasteiger partial charge is 0.187 e. The van der Waals surface area contributed by atoms with Gasteiger partial charge in [0, 0.05) is 49.9 Å². The van der Waals surface area contributed by atoms with Crippen molar-refractivity contribution < 1.29 is 5.11 Å². The average molecular weight is 351 g/mol. The monoisotopic (exact) mass is 350 g/mol. The minimum absolute atomic E-state index is 0.547. The Kier molecular flexibility index (Phi) is 6.49. The summed E-state index contributed by atoms with van der Waals surface area (Å²) in [5.41, 5.74) is 0.591. The van der Waals surface area contributed by atoms with Gasteiger partial charge in [-0.15, -0.1) is 0 Å². The Labute approximate surface area is 149 Å². The van der Waals surface area contributed by atoms with Crippen LogP contribution in [0.5, 0.6) is 0 Å². The van der Waals surface area contributed by atoms with E-state index in [0.29, 0.717) is 0 Å². The van der Waals surface area contributed by atoms with Crippen LogP contribution in [0, 0.1) is 0 Å². The number of nitrogens with zero attached hydrogens (tertiary/aromatic N) is 4. The number of aliphatic hydroxyl groups is 1. The average Bonchev–Trinajstić information content (AvgIpc) is 2.95. The summed E-state index contributed by atoms with van der Waals surface area (Å²) in [5, 5.41) is 11.8. The molecule has 3 rings (SSSR count). The Morgan fingerprint density at radius 3 is 2.58 bits per heavy atom. The predicted molar refractivity (Wildman–Crippen MR) is 98.2 cm³/mol. The van der Waals surface area contributed by atoms with Crippen LogP contribution in [-0.2, 0) is 6.54 Å². The van der Waals surface area contributed by atoms with Crippen LogP contribution in [0.15, 0.2) is 17.6 Å². The van der Waals surface area contributed by atoms with Crippen molar-refractivity contribution in [3.63, 3.8) is 0 Å². The van der Waals surface area contributed by atoms with E-state index in [1.807, 2.05) is 12.4 Å². The van der Waals surface area contributed by atoms with Crippen LogP contribution < -0.4 is 0 Å². The van der Waals surface area contributed by atoms with Crippen LogP contribution in [0.4, 0.5) is 0 Å². The molecule has 1 aromatic heterocycles. The summed E-state index contributed by atoms with van der Waals surface area (Å²) >= 11 is 1.71. The lowest BCUT2D eigenvalue weighted by molar-refractivity contribution is 0.00633. The van der Waals surface area contributed by atoms with E-state index in [1.54, 1.807) is 11.8 Å². The van der Waals surface area contributed by atoms with E-state index in [2.05, 4.69) is 26.7 Å². The molecule has 6 heteroatoms. The van der Waals surface area contributed by atoms with Gasteiger partial charge < -0.3 is 10.0 Å². The number of aromatic nitrogens is 2. The van der Waals surface area contributed by atoms with Crippen LogP contribution in [-0.4, -0.2) is 69.0 Å². The van der Waals surface area contributed by atoms with Crippen molar-refractivity contribution in [1.82, 2.24) is 19.8 Å². The zero-order valence-corrected chi connectivity index (χ0v) is 15.6. The lowest BCUT2D eigenvalue weighted by Gasteiger charge is -2.33. The van der Waals surface area contributed by atoms with Gasteiger partial charge in [-0.25, -0.2) is 9.97 Å². The molecule has 5 nitrogen and oxygen atoms in total. The molecule has 0 amide bonds. The van der Waals surface area contributed by atoms with Crippen LogP contribution in [0.2, 0.25) is 0 Å². The van der Waals surface area contributed by atoms with E-state index in [4.69, 9.17) is 0 Å². The Morgan fingerprint density at radius 2 is 1.88 bits per heavy atom. The molecule has 2 fully saturated rings. The molecule has 0 aliphatic carbocycles. The molecule has 1 atom stereocenters. The summed E-state index contributed by atoms with van der Waals surface area (Å²) in [4.78, 5) is 13.7. The second-order valence-corrected chi connectivity index (χ2v) is 8.31. The predicted octanol–water partition coefficient (Wildman–Crippen LogP) is 2.40. The van der Waals surface area contributed by atoms with Gasteiger partial charge in [0.05, 0.1) is 5.60 Å². The normalized spacial score (nSPS) is 26.1. The van der Waals surface area contributed by atoms with Crippen LogP contribution >= 0.6 is 11.8 Å². The van der Waals surface area contributed by atoms with Gasteiger partial charge >= 0.3 is 0 Å². The summed E-state index contributed by atoms with van der Waals surface area (Å²) in [6, 6.07) is 0. The van der Waals surface area contributed by atoms with Crippen LogP contribution in [0.3, 0.4) is 0 Å². The topological polar surface area (TPSA) is 52.5 Å². The highest BCUT2D eigenvalue weighted by atomic mass is 32.2. The van der Waals surface area contributed by atoms with Crippen molar-refractivity contribution in [1.29, 1.82) is 0 Å². The van der Waals surface area contributed by atoms with Crippen molar-refractivity contribution >= 4 is 11.8 Å². The zero-order valence-electron chi connectivity index (χ0n) is 14.8. The molecule has 1 unspecified atom stereocenters. The van der Waals surface area contributed by atoms with Gasteiger partial charge in [-0.3, -0.25) is 4.90 Å². The van der Waals surface area contributed by atoms with Crippen molar-refractivity contribution in [3.05, 3.63) is 18.0 Å². The van der Waals surface area contributed by atoms with E-state index in [9.17, 15) is 5.11 Å². The second-order valence-electron chi connectivity index (χ2n) is 7.24. The molecule has 2 saturated heterocycles. The first kappa shape index (κ1) is 18.1. The van der Waals surface area contributed by atoms with Gasteiger partial charge in [0.2, 0.25) is 0 Å². The minimum atomic E-state index is -0.547. The van der Waals surface area contributed by atoms with Crippen molar-refractivity contribution in [2.45, 2.75) is 56.3 Å². The molecule has 134 valence electrons. The first-order chi connectivity index (χ1) is 11.7. The van der Waals surface area contributed by atoms with E-state index < -0.39 is 5.60 Å². The van der Waals surface area contributed by atoms with E-state index in [-0.39, 0.29) is 0 Å². The van der Waals surface area contributed by atoms with E-state index in [0.717, 1.165) is 68.6 Å². The summed E-state index contributed by atoms with van der Waals surface area (Å²) in [7, 11) is 0. The van der Waals surface area contributed by atoms with Gasteiger partial charge in [-0.2, -0.15) is 0 Å². The Balaban J connectivity index is 1.48.